The number of hydrogen-bond donors (Lipinski definition) is 1. The lowest BCUT2D eigenvalue weighted by Crippen LogP contribution is -2.15. The van der Waals surface area contributed by atoms with E-state index in [2.05, 4.69) is 0 Å². The highest BCUT2D eigenvalue weighted by Gasteiger charge is 2.11. The molecule has 1 N–H and O–H groups in total. The summed E-state index contributed by atoms with van der Waals surface area (Å²) in [4.78, 5) is 11.7. The minimum Gasteiger partial charge on any atom is -0.392 e. The van der Waals surface area contributed by atoms with Crippen molar-refractivity contribution in [1.82, 2.24) is 0 Å². The minimum atomic E-state index is -0.333. The number of hydrogen-bond acceptors (Lipinski definition) is 3. The average molecular weight is 224 g/mol. The molecular formula is C12H16O2S. The summed E-state index contributed by atoms with van der Waals surface area (Å²) in [5.41, 5.74) is 1.78. The van der Waals surface area contributed by atoms with Gasteiger partial charge in [-0.05, 0) is 31.5 Å². The minimum absolute atomic E-state index is 0.158. The first-order valence-electron chi connectivity index (χ1n) is 4.95. The lowest BCUT2D eigenvalue weighted by molar-refractivity contribution is 0.112. The van der Waals surface area contributed by atoms with Gasteiger partial charge in [0, 0.05) is 15.7 Å². The zero-order valence-electron chi connectivity index (χ0n) is 9.23. The van der Waals surface area contributed by atoms with Gasteiger partial charge in [-0.3, -0.25) is 4.79 Å². The summed E-state index contributed by atoms with van der Waals surface area (Å²) in [6, 6.07) is 5.60. The van der Waals surface area contributed by atoms with Crippen LogP contribution in [0.1, 0.15) is 29.8 Å². The van der Waals surface area contributed by atoms with Crippen LogP contribution in [-0.2, 0) is 0 Å². The second kappa shape index (κ2) is 5.33. The van der Waals surface area contributed by atoms with Crippen molar-refractivity contribution in [2.24, 2.45) is 0 Å². The third-order valence-corrected chi connectivity index (χ3v) is 3.80. The maximum atomic E-state index is 10.6. The van der Waals surface area contributed by atoms with Crippen molar-refractivity contribution in [2.45, 2.75) is 37.0 Å². The van der Waals surface area contributed by atoms with E-state index >= 15 is 0 Å². The summed E-state index contributed by atoms with van der Waals surface area (Å²) in [5.74, 6) is 0. The van der Waals surface area contributed by atoms with E-state index in [9.17, 15) is 9.90 Å². The van der Waals surface area contributed by atoms with E-state index in [1.54, 1.807) is 24.8 Å². The number of thioether (sulfide) groups is 1. The van der Waals surface area contributed by atoms with Gasteiger partial charge in [-0.2, -0.15) is 0 Å². The van der Waals surface area contributed by atoms with Gasteiger partial charge in [0.05, 0.1) is 6.10 Å². The first kappa shape index (κ1) is 12.3. The number of benzene rings is 1. The Kier molecular flexibility index (Phi) is 4.36. The van der Waals surface area contributed by atoms with E-state index in [1.165, 1.54) is 0 Å². The fraction of sp³-hybridized carbons (Fsp3) is 0.417. The van der Waals surface area contributed by atoms with Gasteiger partial charge in [0.2, 0.25) is 0 Å². The molecule has 2 atom stereocenters. The molecule has 0 saturated heterocycles. The molecule has 0 radical (unpaired) electrons. The Morgan fingerprint density at radius 1 is 1.40 bits per heavy atom. The first-order valence-corrected chi connectivity index (χ1v) is 5.83. The molecule has 0 spiro atoms. The Balaban J connectivity index is 2.82. The lowest BCUT2D eigenvalue weighted by Gasteiger charge is -2.15. The first-order chi connectivity index (χ1) is 7.04. The van der Waals surface area contributed by atoms with Crippen LogP contribution in [0.25, 0.3) is 0 Å². The quantitative estimate of drug-likeness (QED) is 0.631. The van der Waals surface area contributed by atoms with Gasteiger partial charge in [0.15, 0.2) is 0 Å². The van der Waals surface area contributed by atoms with E-state index in [-0.39, 0.29) is 11.4 Å². The molecule has 3 heteroatoms. The number of aldehydes is 1. The molecule has 1 aromatic carbocycles. The van der Waals surface area contributed by atoms with Gasteiger partial charge < -0.3 is 5.11 Å². The molecule has 0 aliphatic rings. The van der Waals surface area contributed by atoms with Gasteiger partial charge in [0.1, 0.15) is 6.29 Å². The van der Waals surface area contributed by atoms with Crippen LogP contribution in [0.3, 0.4) is 0 Å². The highest BCUT2D eigenvalue weighted by Crippen LogP contribution is 2.28. The third kappa shape index (κ3) is 3.36. The summed E-state index contributed by atoms with van der Waals surface area (Å²) in [7, 11) is 0. The Morgan fingerprint density at radius 3 is 2.53 bits per heavy atom. The number of aryl methyl sites for hydroxylation is 1. The molecule has 1 aromatic rings. The second-order valence-electron chi connectivity index (χ2n) is 3.71. The van der Waals surface area contributed by atoms with Crippen LogP contribution < -0.4 is 0 Å². The predicted molar refractivity (Wildman–Crippen MR) is 63.6 cm³/mol. The van der Waals surface area contributed by atoms with Crippen molar-refractivity contribution in [3.8, 4) is 0 Å². The number of aliphatic hydroxyl groups is 1. The SMILES string of the molecule is Cc1cc(C=O)ccc1SC(C)C(C)O. The highest BCUT2D eigenvalue weighted by atomic mass is 32.2. The standard InChI is InChI=1S/C12H16O2S/c1-8-6-11(7-13)4-5-12(8)15-10(3)9(2)14/h4-7,9-10,14H,1-3H3. The molecule has 2 unspecified atom stereocenters. The molecule has 0 aromatic heterocycles. The fourth-order valence-corrected chi connectivity index (χ4v) is 2.17. The highest BCUT2D eigenvalue weighted by molar-refractivity contribution is 8.00. The fourth-order valence-electron chi connectivity index (χ4n) is 1.18. The Labute approximate surface area is 94.7 Å². The van der Waals surface area contributed by atoms with Crippen LogP contribution in [0, 0.1) is 6.92 Å². The third-order valence-electron chi connectivity index (χ3n) is 2.33. The molecule has 0 fully saturated rings. The molecule has 0 amide bonds. The van der Waals surface area contributed by atoms with Crippen LogP contribution in [0.5, 0.6) is 0 Å². The molecule has 2 nitrogen and oxygen atoms in total. The largest absolute Gasteiger partial charge is 0.392 e. The molecule has 0 aliphatic heterocycles. The molecular weight excluding hydrogens is 208 g/mol. The van der Waals surface area contributed by atoms with Crippen molar-refractivity contribution >= 4 is 18.0 Å². The molecule has 15 heavy (non-hydrogen) atoms. The Hall–Kier alpha value is -0.800. The van der Waals surface area contributed by atoms with Crippen LogP contribution in [0.2, 0.25) is 0 Å². The monoisotopic (exact) mass is 224 g/mol. The van der Waals surface area contributed by atoms with Crippen molar-refractivity contribution in [3.05, 3.63) is 29.3 Å². The van der Waals surface area contributed by atoms with Crippen LogP contribution >= 0.6 is 11.8 Å². The topological polar surface area (TPSA) is 37.3 Å². The number of aliphatic hydroxyl groups excluding tert-OH is 1. The van der Waals surface area contributed by atoms with Crippen LogP contribution in [0.4, 0.5) is 0 Å². The normalized spacial score (nSPS) is 14.7. The van der Waals surface area contributed by atoms with Crippen molar-refractivity contribution in [2.75, 3.05) is 0 Å². The summed E-state index contributed by atoms with van der Waals surface area (Å²) in [6.07, 6.45) is 0.514. The predicted octanol–water partition coefficient (Wildman–Crippen LogP) is 2.67. The van der Waals surface area contributed by atoms with Crippen LogP contribution in [0.15, 0.2) is 23.1 Å². The zero-order valence-corrected chi connectivity index (χ0v) is 10.0. The smallest absolute Gasteiger partial charge is 0.150 e. The average Bonchev–Trinajstić information content (AvgIpc) is 2.20. The van der Waals surface area contributed by atoms with E-state index < -0.39 is 0 Å². The van der Waals surface area contributed by atoms with Gasteiger partial charge in [-0.15, -0.1) is 11.8 Å². The van der Waals surface area contributed by atoms with E-state index in [0.717, 1.165) is 16.7 Å². The zero-order chi connectivity index (χ0) is 11.4. The van der Waals surface area contributed by atoms with E-state index in [0.29, 0.717) is 5.56 Å². The number of carbonyl (C=O) groups excluding carboxylic acids is 1. The molecule has 0 saturated carbocycles. The molecule has 1 rings (SSSR count). The number of carbonyl (C=O) groups is 1. The van der Waals surface area contributed by atoms with Crippen LogP contribution in [-0.4, -0.2) is 22.7 Å². The van der Waals surface area contributed by atoms with E-state index in [4.69, 9.17) is 0 Å². The van der Waals surface area contributed by atoms with Gasteiger partial charge in [0.25, 0.3) is 0 Å². The van der Waals surface area contributed by atoms with E-state index in [1.807, 2.05) is 26.0 Å². The molecule has 82 valence electrons. The van der Waals surface area contributed by atoms with Gasteiger partial charge in [-0.25, -0.2) is 0 Å². The van der Waals surface area contributed by atoms with Crippen molar-refractivity contribution in [3.63, 3.8) is 0 Å². The summed E-state index contributed by atoms with van der Waals surface area (Å²) in [5, 5.41) is 9.55. The van der Waals surface area contributed by atoms with Crippen molar-refractivity contribution < 1.29 is 9.90 Å². The number of rotatable bonds is 4. The lowest BCUT2D eigenvalue weighted by atomic mass is 10.2. The molecule has 0 heterocycles. The summed E-state index contributed by atoms with van der Waals surface area (Å²) in [6.45, 7) is 5.75. The molecule has 0 aliphatic carbocycles. The summed E-state index contributed by atoms with van der Waals surface area (Å²) >= 11 is 1.63. The maximum absolute atomic E-state index is 10.6. The molecule has 0 bridgehead atoms. The van der Waals surface area contributed by atoms with Gasteiger partial charge in [-0.1, -0.05) is 13.0 Å². The second-order valence-corrected chi connectivity index (χ2v) is 5.13. The Bertz CT molecular complexity index is 347. The Morgan fingerprint density at radius 2 is 2.07 bits per heavy atom. The van der Waals surface area contributed by atoms with Crippen molar-refractivity contribution in [1.29, 1.82) is 0 Å². The summed E-state index contributed by atoms with van der Waals surface area (Å²) < 4.78 is 0. The maximum Gasteiger partial charge on any atom is 0.150 e. The van der Waals surface area contributed by atoms with Gasteiger partial charge >= 0.3 is 0 Å².